The van der Waals surface area contributed by atoms with Gasteiger partial charge in [0.25, 0.3) is 0 Å². The van der Waals surface area contributed by atoms with Gasteiger partial charge in [-0.2, -0.15) is 0 Å². The summed E-state index contributed by atoms with van der Waals surface area (Å²) in [6.45, 7) is 2.86. The summed E-state index contributed by atoms with van der Waals surface area (Å²) in [5.41, 5.74) is -2.88. The third kappa shape index (κ3) is 30.3. The number of amides is 3. The van der Waals surface area contributed by atoms with Gasteiger partial charge in [0.05, 0.1) is 0 Å². The first-order chi connectivity index (χ1) is 68.8. The molecule has 0 spiro atoms. The number of fused-ring (bicyclic) bond motifs is 2. The van der Waals surface area contributed by atoms with Crippen molar-refractivity contribution in [2.24, 2.45) is 21.8 Å². The number of H-pyrrole nitrogens is 3. The van der Waals surface area contributed by atoms with Crippen LogP contribution in [0.4, 0.5) is 17.7 Å². The zero-order valence-electron chi connectivity index (χ0n) is 79.2. The number of imidazole rings is 2. The van der Waals surface area contributed by atoms with Gasteiger partial charge in [-0.05, 0) is 0 Å². The molecule has 5 N–H and O–H groups in total. The van der Waals surface area contributed by atoms with Crippen molar-refractivity contribution >= 4 is 195 Å². The summed E-state index contributed by atoms with van der Waals surface area (Å²) < 4.78 is 132. The van der Waals surface area contributed by atoms with E-state index in [0.717, 1.165) is 16.3 Å². The van der Waals surface area contributed by atoms with E-state index in [0.29, 0.717) is 18.4 Å². The standard InChI is InChI=1S/C82H113N22O28P5S7/c1-10-51-33-65(101-25-20-64(91-50(4)105)92-81(101)112)125-59(51)39-123-137(142,144-31-30-143-78(111)52-18-12-11-13-19-52)132-55-34-54(53-32-48(2)73(106)95-75(53)108)124-60(55)40-120-134(139,116-27-15-22-84)131-58-37-68(104-47-88-70-72(104)94-80(97-77(70)110)90-45-100(7)8)128-63(58)43-122-135(140,117-28-16-23-85)129-56-35-66(102-38-49(3)74(107)98-82(102)113)126-62(56)42-121-136(141,118-29-17-24-86)130-57-36-67(127-61(57)41-119-133(138,114-9)115-26-14-21-83)103-46-87-69-71(103)93-79(96-76(69)109)89-44-99(5)6/h11-13,18-20,25,32,38,44-47,51,53-63,65-68,133-142H,10,14-17,26-31,33-37,39-43H2,1-9H3,(H,93,96,109)(H,94,97,110)(H,95,106,108)(H,98,107,113)(H,91,92,105,112)/b89-44+,90-45+/t51-,53?,54-,55-,56-,57-,58-,59?,60?,61?,62?,63?,65-,66-,67-,68-/m1/s1. The zero-order valence-corrected chi connectivity index (χ0v) is 90.3. The molecular formula is C82H113N22O28P5S7. The number of benzene rings is 1. The Bertz CT molecular complexity index is 6300. The molecular weight excluding hydrogens is 2120 g/mol. The van der Waals surface area contributed by atoms with Crippen LogP contribution < -0.4 is 38.7 Å². The first-order valence-electron chi connectivity index (χ1n) is 45.2. The van der Waals surface area contributed by atoms with E-state index in [9.17, 15) is 64.2 Å². The van der Waals surface area contributed by atoms with Gasteiger partial charge in [0.1, 0.15) is 0 Å². The monoisotopic (exact) mass is 2230 g/mol. The first kappa shape index (κ1) is 113. The number of ether oxygens (including phenoxy) is 5. The molecule has 0 bridgehead atoms. The molecule has 0 radical (unpaired) electrons. The number of thiol groups is 5. The molecule has 13 rings (SSSR count). The maximum atomic E-state index is 14.0. The number of hydrogen-bond acceptors (Lipinski definition) is 46. The van der Waals surface area contributed by atoms with E-state index in [2.05, 4.69) is 78.8 Å². The molecule has 12 heterocycles. The molecule has 0 aliphatic carbocycles. The predicted molar refractivity (Wildman–Crippen MR) is 554 cm³/mol. The summed E-state index contributed by atoms with van der Waals surface area (Å²) in [7, 11) is -9.77. The number of aromatic amines is 3. The fourth-order valence-electron chi connectivity index (χ4n) is 15.8. The van der Waals surface area contributed by atoms with Gasteiger partial charge in [-0.25, -0.2) is 0 Å². The number of nitriles is 4. The van der Waals surface area contributed by atoms with Crippen molar-refractivity contribution < 1.29 is 106 Å². The van der Waals surface area contributed by atoms with Gasteiger partial charge in [-0.15, -0.1) is 0 Å². The van der Waals surface area contributed by atoms with Crippen LogP contribution in [0.3, 0.4) is 0 Å². The summed E-state index contributed by atoms with van der Waals surface area (Å²) in [6.07, 6.45) is -10.8. The van der Waals surface area contributed by atoms with Crippen LogP contribution in [0.5, 0.6) is 0 Å². The number of rotatable bonds is 52. The number of nitrogens with zero attached hydrogens (tertiary/aromatic N) is 17. The molecule has 6 unspecified atom stereocenters. The Morgan fingerprint density at radius 1 is 0.562 bits per heavy atom. The minimum absolute atomic E-state index is 0.00378. The van der Waals surface area contributed by atoms with Gasteiger partial charge >= 0.3 is 867 Å². The summed E-state index contributed by atoms with van der Waals surface area (Å²) in [5.74, 6) is -2.64. The Labute approximate surface area is 861 Å². The Hall–Kier alpha value is -7.76. The van der Waals surface area contributed by atoms with Crippen LogP contribution >= 0.6 is 119 Å². The average molecular weight is 2230 g/mol. The van der Waals surface area contributed by atoms with Gasteiger partial charge in [0.15, 0.2) is 0 Å². The van der Waals surface area contributed by atoms with E-state index in [4.69, 9.17) is 136 Å². The molecule has 1 aromatic carbocycles. The normalized spacial score (nSPS) is 24.3. The molecule has 5 fully saturated rings. The van der Waals surface area contributed by atoms with Crippen LogP contribution in [-0.2, 0) is 101 Å². The fraction of sp³-hybridized carbons (Fsp3) is 0.561. The van der Waals surface area contributed by atoms with E-state index in [-0.39, 0.29) is 165 Å². The molecule has 144 heavy (non-hydrogen) atoms. The van der Waals surface area contributed by atoms with E-state index in [1.807, 2.05) is 25.1 Å². The molecule has 0 saturated carbocycles. The topological polar surface area (TPSA) is 611 Å². The number of hydrogen-bond donors (Lipinski definition) is 10. The Morgan fingerprint density at radius 3 is 1.49 bits per heavy atom. The van der Waals surface area contributed by atoms with Gasteiger partial charge in [0.2, 0.25) is 0 Å². The summed E-state index contributed by atoms with van der Waals surface area (Å²) in [4.78, 5) is 162. The van der Waals surface area contributed by atoms with E-state index < -0.39 is 192 Å². The number of thioether (sulfide) groups is 1. The molecule has 786 valence electrons. The summed E-state index contributed by atoms with van der Waals surface area (Å²) in [6, 6.07) is 18.3. The van der Waals surface area contributed by atoms with Gasteiger partial charge < -0.3 is 0 Å². The van der Waals surface area contributed by atoms with Crippen LogP contribution in [0.1, 0.15) is 126 Å². The van der Waals surface area contributed by atoms with Crippen LogP contribution in [0.25, 0.3) is 22.3 Å². The average Bonchev–Trinajstić information content (AvgIpc) is 1.65. The van der Waals surface area contributed by atoms with E-state index >= 15 is 0 Å². The van der Waals surface area contributed by atoms with Crippen molar-refractivity contribution in [2.45, 2.75) is 178 Å². The van der Waals surface area contributed by atoms with Crippen LogP contribution in [0.15, 0.2) is 107 Å². The number of carbonyl (C=O) groups is 4. The third-order valence-electron chi connectivity index (χ3n) is 22.8. The van der Waals surface area contributed by atoms with Crippen LogP contribution in [0.2, 0.25) is 0 Å². The van der Waals surface area contributed by atoms with Crippen LogP contribution in [-0.4, -0.2) is 271 Å². The second-order valence-corrected chi connectivity index (χ2v) is 56.3. The third-order valence-corrected chi connectivity index (χ3v) is 41.4. The van der Waals surface area contributed by atoms with Gasteiger partial charge in [-0.1, -0.05) is 0 Å². The van der Waals surface area contributed by atoms with Crippen LogP contribution in [0, 0.1) is 64.1 Å². The number of imide groups is 1. The quantitative estimate of drug-likeness (QED) is 0.00423. The zero-order chi connectivity index (χ0) is 103. The summed E-state index contributed by atoms with van der Waals surface area (Å²) in [5, 5.41) is 44.3. The Balaban J connectivity index is 0.815. The molecule has 6 aromatic heterocycles. The van der Waals surface area contributed by atoms with Crippen molar-refractivity contribution in [3.8, 4) is 24.3 Å². The molecule has 6 aliphatic heterocycles. The Morgan fingerprint density at radius 2 is 1.02 bits per heavy atom. The van der Waals surface area contributed by atoms with Crippen molar-refractivity contribution in [3.63, 3.8) is 0 Å². The van der Waals surface area contributed by atoms with Crippen molar-refractivity contribution in [1.29, 1.82) is 21.0 Å². The number of aliphatic imine (C=N–C) groups is 2. The second-order valence-electron chi connectivity index (χ2n) is 33.7. The summed E-state index contributed by atoms with van der Waals surface area (Å²) >= 11 is 27.5. The molecule has 3 amide bonds. The maximum absolute atomic E-state index is 14.0. The number of nitrogens with one attached hydrogen (secondary N) is 5. The van der Waals surface area contributed by atoms with Crippen molar-refractivity contribution in [1.82, 2.24) is 73.3 Å². The molecule has 7 aromatic rings. The van der Waals surface area contributed by atoms with Gasteiger partial charge in [-0.3, -0.25) is 0 Å². The number of carbonyl (C=O) groups excluding carboxylic acids is 4. The van der Waals surface area contributed by atoms with E-state index in [1.165, 1.54) is 103 Å². The van der Waals surface area contributed by atoms with Gasteiger partial charge in [0, 0.05) is 0 Å². The SMILES string of the molecule is CC[C@@H]1C[C@H](n2ccc(NC(C)=O)nc2=O)OC1CO[PH](S)(O[C@@H]1C[C@H](C2C=C(C)C(=O)NC2=O)OC1CO[PH](S)(OCCC#N)O[C@@H]1C[C@H](n2cnc3c(=O)[nH]c(/N=C/N(C)C)nc32)OC1CO[PH](S)(OCCC#N)O[C@@H]1C[C@H](n2cc(C)c(=O)[nH]c2=O)OC1CO[PH](S)(OCCC#N)O[C@@H]1C[C@H](n2cnc3c(=O)[nH]c(/N=C/N(C)C)nc32)OC1CO[PH](S)(OC)OCCC#N)SCCSC(=O)c1ccccc1. The van der Waals surface area contributed by atoms with E-state index in [1.54, 1.807) is 68.3 Å². The second kappa shape index (κ2) is 52.1. The molecule has 6 aliphatic rings. The fourth-order valence-corrected chi connectivity index (χ4v) is 31.5. The minimum atomic E-state index is -4.76. The predicted octanol–water partition coefficient (Wildman–Crippen LogP) is 9.32. The first-order valence-corrected chi connectivity index (χ1v) is 63.0. The molecule has 16 atom stereocenters. The number of anilines is 1. The molecule has 62 heteroatoms. The number of aryl methyl sites for hydroxylation is 1. The Kier molecular flexibility index (Phi) is 41.0. The number of aromatic nitrogens is 12. The van der Waals surface area contributed by atoms with Crippen molar-refractivity contribution in [3.05, 3.63) is 136 Å². The molecule has 50 nitrogen and oxygen atoms in total. The molecule has 5 saturated heterocycles. The van der Waals surface area contributed by atoms with Crippen molar-refractivity contribution in [2.75, 3.05) is 112 Å².